The first kappa shape index (κ1) is 8.30. The molecule has 0 spiro atoms. The van der Waals surface area contributed by atoms with Crippen molar-refractivity contribution in [3.8, 4) is 0 Å². The highest BCUT2D eigenvalue weighted by Crippen LogP contribution is 2.19. The summed E-state index contributed by atoms with van der Waals surface area (Å²) in [5.74, 6) is 0. The molecule has 2 nitrogen and oxygen atoms in total. The normalized spacial score (nSPS) is 16.2. The number of hydrogen-bond acceptors (Lipinski definition) is 2. The second-order valence-corrected chi connectivity index (χ2v) is 3.40. The van der Waals surface area contributed by atoms with Crippen LogP contribution in [0.2, 0.25) is 0 Å². The Balaban J connectivity index is 2.16. The first-order chi connectivity index (χ1) is 6.40. The molecule has 0 N–H and O–H groups in total. The van der Waals surface area contributed by atoms with E-state index in [1.54, 1.807) is 0 Å². The molecule has 68 valence electrons. The van der Waals surface area contributed by atoms with Gasteiger partial charge in [0.2, 0.25) is 0 Å². The van der Waals surface area contributed by atoms with Gasteiger partial charge in [-0.1, -0.05) is 0 Å². The van der Waals surface area contributed by atoms with E-state index in [1.165, 1.54) is 18.5 Å². The number of carbonyl (C=O) groups excluding carboxylic acids is 1. The van der Waals surface area contributed by atoms with Crippen LogP contribution >= 0.6 is 0 Å². The average molecular weight is 175 g/mol. The summed E-state index contributed by atoms with van der Waals surface area (Å²) in [4.78, 5) is 12.8. The third-order valence-electron chi connectivity index (χ3n) is 2.50. The van der Waals surface area contributed by atoms with Crippen molar-refractivity contribution in [1.82, 2.24) is 0 Å². The topological polar surface area (TPSA) is 20.3 Å². The van der Waals surface area contributed by atoms with Gasteiger partial charge in [-0.25, -0.2) is 0 Å². The van der Waals surface area contributed by atoms with E-state index in [9.17, 15) is 4.79 Å². The summed E-state index contributed by atoms with van der Waals surface area (Å²) in [5.41, 5.74) is 1.99. The number of nitrogens with zero attached hydrogens (tertiary/aromatic N) is 1. The van der Waals surface area contributed by atoms with Crippen LogP contribution in [-0.2, 0) is 0 Å². The van der Waals surface area contributed by atoms with Gasteiger partial charge in [0, 0.05) is 24.3 Å². The highest BCUT2D eigenvalue weighted by atomic mass is 16.1. The van der Waals surface area contributed by atoms with Crippen LogP contribution in [0.1, 0.15) is 23.2 Å². The lowest BCUT2D eigenvalue weighted by Crippen LogP contribution is -2.17. The van der Waals surface area contributed by atoms with Crippen LogP contribution in [-0.4, -0.2) is 19.4 Å². The number of hydrogen-bond donors (Lipinski definition) is 0. The second kappa shape index (κ2) is 3.60. The lowest BCUT2D eigenvalue weighted by molar-refractivity contribution is 0.112. The van der Waals surface area contributed by atoms with E-state index in [4.69, 9.17) is 0 Å². The zero-order chi connectivity index (χ0) is 9.10. The fourth-order valence-corrected chi connectivity index (χ4v) is 1.74. The lowest BCUT2D eigenvalue weighted by atomic mass is 10.2. The van der Waals surface area contributed by atoms with Crippen LogP contribution < -0.4 is 4.90 Å². The zero-order valence-corrected chi connectivity index (χ0v) is 7.57. The minimum Gasteiger partial charge on any atom is -0.372 e. The van der Waals surface area contributed by atoms with Crippen LogP contribution in [0.25, 0.3) is 0 Å². The lowest BCUT2D eigenvalue weighted by Gasteiger charge is -2.17. The molecular weight excluding hydrogens is 162 g/mol. The predicted octanol–water partition coefficient (Wildman–Crippen LogP) is 2.10. The molecule has 1 saturated heterocycles. The molecule has 0 amide bonds. The molecule has 0 radical (unpaired) electrons. The van der Waals surface area contributed by atoms with Crippen LogP contribution in [0.5, 0.6) is 0 Å². The van der Waals surface area contributed by atoms with Crippen LogP contribution in [0.3, 0.4) is 0 Å². The third kappa shape index (κ3) is 1.72. The van der Waals surface area contributed by atoms with Gasteiger partial charge in [-0.05, 0) is 37.1 Å². The maximum atomic E-state index is 10.4. The molecule has 13 heavy (non-hydrogen) atoms. The van der Waals surface area contributed by atoms with Crippen molar-refractivity contribution >= 4 is 12.0 Å². The minimum absolute atomic E-state index is 0.753. The summed E-state index contributed by atoms with van der Waals surface area (Å²) in [5, 5.41) is 0. The van der Waals surface area contributed by atoms with Crippen LogP contribution in [0, 0.1) is 0 Å². The molecule has 1 fully saturated rings. The highest BCUT2D eigenvalue weighted by Gasteiger charge is 2.11. The maximum Gasteiger partial charge on any atom is 0.150 e. The van der Waals surface area contributed by atoms with Crippen molar-refractivity contribution in [3.63, 3.8) is 0 Å². The first-order valence-corrected chi connectivity index (χ1v) is 4.70. The summed E-state index contributed by atoms with van der Waals surface area (Å²) in [6, 6.07) is 7.80. The van der Waals surface area contributed by atoms with Crippen molar-refractivity contribution in [1.29, 1.82) is 0 Å². The Kier molecular flexibility index (Phi) is 2.30. The number of rotatable bonds is 2. The summed E-state index contributed by atoms with van der Waals surface area (Å²) in [6.45, 7) is 2.31. The molecule has 1 aliphatic rings. The van der Waals surface area contributed by atoms with Gasteiger partial charge in [-0.3, -0.25) is 4.79 Å². The van der Waals surface area contributed by atoms with Crippen molar-refractivity contribution in [2.24, 2.45) is 0 Å². The molecule has 1 aliphatic heterocycles. The second-order valence-electron chi connectivity index (χ2n) is 3.40. The summed E-state index contributed by atoms with van der Waals surface area (Å²) in [6.07, 6.45) is 3.46. The van der Waals surface area contributed by atoms with E-state index < -0.39 is 0 Å². The molecule has 0 saturated carbocycles. The van der Waals surface area contributed by atoms with Gasteiger partial charge in [-0.2, -0.15) is 0 Å². The number of anilines is 1. The minimum atomic E-state index is 0.753. The molecule has 0 aromatic heterocycles. The van der Waals surface area contributed by atoms with Gasteiger partial charge in [0.1, 0.15) is 6.29 Å². The van der Waals surface area contributed by atoms with Crippen LogP contribution in [0.15, 0.2) is 24.3 Å². The molecular formula is C11H13NO. The Morgan fingerprint density at radius 2 is 1.69 bits per heavy atom. The van der Waals surface area contributed by atoms with Crippen LogP contribution in [0.4, 0.5) is 5.69 Å². The number of carbonyl (C=O) groups is 1. The Morgan fingerprint density at radius 1 is 1.08 bits per heavy atom. The van der Waals surface area contributed by atoms with Gasteiger partial charge in [0.15, 0.2) is 0 Å². The molecule has 1 aromatic carbocycles. The molecule has 0 unspecified atom stereocenters. The molecule has 2 rings (SSSR count). The molecule has 0 bridgehead atoms. The Morgan fingerprint density at radius 3 is 2.23 bits per heavy atom. The maximum absolute atomic E-state index is 10.4. The van der Waals surface area contributed by atoms with Crippen molar-refractivity contribution in [2.45, 2.75) is 12.8 Å². The molecule has 1 aromatic rings. The van der Waals surface area contributed by atoms with Gasteiger partial charge in [0.25, 0.3) is 0 Å². The fraction of sp³-hybridized carbons (Fsp3) is 0.364. The van der Waals surface area contributed by atoms with Gasteiger partial charge >= 0.3 is 0 Å². The quantitative estimate of drug-likeness (QED) is 0.641. The Bertz CT molecular complexity index is 285. The van der Waals surface area contributed by atoms with E-state index in [1.807, 2.05) is 24.3 Å². The number of aldehydes is 1. The van der Waals surface area contributed by atoms with E-state index in [0.717, 1.165) is 24.9 Å². The van der Waals surface area contributed by atoms with Gasteiger partial charge in [-0.15, -0.1) is 0 Å². The predicted molar refractivity (Wildman–Crippen MR) is 53.3 cm³/mol. The zero-order valence-electron chi connectivity index (χ0n) is 7.57. The molecule has 0 aliphatic carbocycles. The number of benzene rings is 1. The Labute approximate surface area is 78.2 Å². The van der Waals surface area contributed by atoms with Crippen molar-refractivity contribution in [3.05, 3.63) is 29.8 Å². The van der Waals surface area contributed by atoms with Gasteiger partial charge in [0.05, 0.1) is 0 Å². The van der Waals surface area contributed by atoms with E-state index in [2.05, 4.69) is 4.90 Å². The molecule has 1 heterocycles. The summed E-state index contributed by atoms with van der Waals surface area (Å²) < 4.78 is 0. The van der Waals surface area contributed by atoms with E-state index in [-0.39, 0.29) is 0 Å². The third-order valence-corrected chi connectivity index (χ3v) is 2.50. The standard InChI is InChI=1S/C11H13NO/c13-9-10-3-5-11(6-4-10)12-7-1-2-8-12/h3-6,9H,1-2,7-8H2. The smallest absolute Gasteiger partial charge is 0.150 e. The van der Waals surface area contributed by atoms with Crippen molar-refractivity contribution < 1.29 is 4.79 Å². The SMILES string of the molecule is O=Cc1ccc(N2CCCC2)cc1. The average Bonchev–Trinajstić information content (AvgIpc) is 2.71. The largest absolute Gasteiger partial charge is 0.372 e. The van der Waals surface area contributed by atoms with E-state index in [0.29, 0.717) is 0 Å². The van der Waals surface area contributed by atoms with E-state index >= 15 is 0 Å². The molecule has 0 atom stereocenters. The first-order valence-electron chi connectivity index (χ1n) is 4.70. The fourth-order valence-electron chi connectivity index (χ4n) is 1.74. The summed E-state index contributed by atoms with van der Waals surface area (Å²) in [7, 11) is 0. The molecule has 2 heteroatoms. The van der Waals surface area contributed by atoms with Crippen molar-refractivity contribution in [2.75, 3.05) is 18.0 Å². The monoisotopic (exact) mass is 175 g/mol. The summed E-state index contributed by atoms with van der Waals surface area (Å²) >= 11 is 0. The van der Waals surface area contributed by atoms with Gasteiger partial charge < -0.3 is 4.90 Å². The Hall–Kier alpha value is -1.31. The highest BCUT2D eigenvalue weighted by molar-refractivity contribution is 5.75.